The van der Waals surface area contributed by atoms with Crippen LogP contribution < -0.4 is 10.2 Å². The molecule has 1 N–H and O–H groups in total. The summed E-state index contributed by atoms with van der Waals surface area (Å²) in [5, 5.41) is 2.75. The molecule has 3 aromatic rings. The average Bonchev–Trinajstić information content (AvgIpc) is 3.25. The molecule has 5 rings (SSSR count). The minimum atomic E-state index is -4.55. The molecule has 2 aliphatic heterocycles. The first kappa shape index (κ1) is 25.6. The van der Waals surface area contributed by atoms with Gasteiger partial charge in [0.2, 0.25) is 5.95 Å². The van der Waals surface area contributed by atoms with Crippen LogP contribution in [0, 0.1) is 0 Å². The predicted octanol–water partition coefficient (Wildman–Crippen LogP) is 4.59. The van der Waals surface area contributed by atoms with Crippen molar-refractivity contribution in [2.24, 2.45) is 0 Å². The summed E-state index contributed by atoms with van der Waals surface area (Å²) in [4.78, 5) is 31.7. The van der Waals surface area contributed by atoms with Gasteiger partial charge in [0.05, 0.1) is 23.2 Å². The number of morpholine rings is 1. The highest BCUT2D eigenvalue weighted by molar-refractivity contribution is 7.96. The number of nitrogens with one attached hydrogen (secondary N) is 1. The van der Waals surface area contributed by atoms with Gasteiger partial charge in [0.15, 0.2) is 0 Å². The number of piperidine rings is 1. The van der Waals surface area contributed by atoms with E-state index in [4.69, 9.17) is 4.74 Å². The molecular formula is C25H26F3N5O3S. The quantitative estimate of drug-likeness (QED) is 0.484. The fourth-order valence-corrected chi connectivity index (χ4v) is 5.37. The third kappa shape index (κ3) is 5.32. The van der Waals surface area contributed by atoms with Crippen LogP contribution in [0.25, 0.3) is 11.0 Å². The Morgan fingerprint density at radius 2 is 1.92 bits per heavy atom. The number of hydrogen-bond acceptors (Lipinski definition) is 6. The Kier molecular flexibility index (Phi) is 7.15. The van der Waals surface area contributed by atoms with E-state index in [2.05, 4.69) is 14.6 Å². The Morgan fingerprint density at radius 1 is 1.14 bits per heavy atom. The predicted molar refractivity (Wildman–Crippen MR) is 136 cm³/mol. The van der Waals surface area contributed by atoms with E-state index in [1.54, 1.807) is 22.9 Å². The van der Waals surface area contributed by atoms with Crippen LogP contribution in [0.4, 0.5) is 24.8 Å². The number of benzene rings is 2. The second kappa shape index (κ2) is 10.3. The summed E-state index contributed by atoms with van der Waals surface area (Å²) < 4.78 is 49.0. The number of rotatable bonds is 5. The van der Waals surface area contributed by atoms with Gasteiger partial charge in [-0.3, -0.25) is 19.2 Å². The number of aromatic nitrogens is 2. The Bertz CT molecular complexity index is 1320. The van der Waals surface area contributed by atoms with Gasteiger partial charge in [-0.1, -0.05) is 18.0 Å². The maximum Gasteiger partial charge on any atom is 0.416 e. The lowest BCUT2D eigenvalue weighted by Gasteiger charge is -2.32. The molecule has 3 heterocycles. The van der Waals surface area contributed by atoms with Crippen LogP contribution in [0.2, 0.25) is 0 Å². The van der Waals surface area contributed by atoms with Crippen LogP contribution in [0.5, 0.6) is 0 Å². The number of carbonyl (C=O) groups excluding carboxylic acids is 2. The minimum absolute atomic E-state index is 0.0127. The lowest BCUT2D eigenvalue weighted by atomic mass is 10.1. The summed E-state index contributed by atoms with van der Waals surface area (Å²) in [6.07, 6.45) is -0.880. The SMILES string of the molecule is CSN1CCC(n2c(NC(=O)c3cccc(C(F)(F)F)c3)nc3cc(N4CCOCC4=O)ccc32)CC1. The van der Waals surface area contributed by atoms with Crippen molar-refractivity contribution in [1.29, 1.82) is 0 Å². The van der Waals surface area contributed by atoms with Crippen molar-refractivity contribution in [2.75, 3.05) is 49.3 Å². The van der Waals surface area contributed by atoms with Gasteiger partial charge in [0.1, 0.15) is 6.61 Å². The molecule has 2 aromatic carbocycles. The monoisotopic (exact) mass is 533 g/mol. The second-order valence-electron chi connectivity index (χ2n) is 8.95. The van der Waals surface area contributed by atoms with Gasteiger partial charge in [0.25, 0.3) is 11.8 Å². The van der Waals surface area contributed by atoms with Crippen molar-refractivity contribution < 1.29 is 27.5 Å². The minimum Gasteiger partial charge on any atom is -0.370 e. The highest BCUT2D eigenvalue weighted by Gasteiger charge is 2.31. The Hall–Kier alpha value is -3.09. The van der Waals surface area contributed by atoms with E-state index in [0.717, 1.165) is 43.6 Å². The number of imidazole rings is 1. The number of carbonyl (C=O) groups is 2. The molecule has 8 nitrogen and oxygen atoms in total. The molecule has 0 aliphatic carbocycles. The number of ether oxygens (including phenoxy) is 1. The molecule has 196 valence electrons. The Morgan fingerprint density at radius 3 is 2.62 bits per heavy atom. The number of fused-ring (bicyclic) bond motifs is 1. The number of nitrogens with zero attached hydrogens (tertiary/aromatic N) is 4. The molecule has 37 heavy (non-hydrogen) atoms. The molecule has 0 atom stereocenters. The lowest BCUT2D eigenvalue weighted by Crippen LogP contribution is -2.41. The van der Waals surface area contributed by atoms with E-state index in [9.17, 15) is 22.8 Å². The maximum atomic E-state index is 13.2. The third-order valence-corrected chi connectivity index (χ3v) is 7.58. The maximum absolute atomic E-state index is 13.2. The van der Waals surface area contributed by atoms with Gasteiger partial charge in [-0.25, -0.2) is 4.98 Å². The van der Waals surface area contributed by atoms with E-state index < -0.39 is 17.6 Å². The standard InChI is InChI=1S/C25H26F3N5O3S/c1-37-31-9-7-18(8-10-31)33-21-6-5-19(32-11-12-36-15-22(32)34)14-20(21)29-24(33)30-23(35)16-3-2-4-17(13-16)25(26,27)28/h2-6,13-14,18H,7-12,15H2,1H3,(H,29,30,35). The fourth-order valence-electron chi connectivity index (χ4n) is 4.80. The summed E-state index contributed by atoms with van der Waals surface area (Å²) in [5.74, 6) is -0.550. The van der Waals surface area contributed by atoms with Crippen molar-refractivity contribution in [1.82, 2.24) is 13.9 Å². The average molecular weight is 534 g/mol. The van der Waals surface area contributed by atoms with Gasteiger partial charge in [-0.05, 0) is 55.5 Å². The third-order valence-electron chi connectivity index (χ3n) is 6.69. The molecule has 0 unspecified atom stereocenters. The number of alkyl halides is 3. The van der Waals surface area contributed by atoms with E-state index in [1.807, 2.05) is 23.0 Å². The zero-order valence-corrected chi connectivity index (χ0v) is 20.9. The van der Waals surface area contributed by atoms with Crippen molar-refractivity contribution in [2.45, 2.75) is 25.1 Å². The van der Waals surface area contributed by atoms with Crippen LogP contribution in [-0.2, 0) is 15.7 Å². The molecule has 2 amide bonds. The Balaban J connectivity index is 1.51. The van der Waals surface area contributed by atoms with Crippen LogP contribution in [0.3, 0.4) is 0 Å². The van der Waals surface area contributed by atoms with E-state index in [-0.39, 0.29) is 30.1 Å². The highest BCUT2D eigenvalue weighted by atomic mass is 32.2. The lowest BCUT2D eigenvalue weighted by molar-refractivity contribution is -0.137. The molecule has 1 aromatic heterocycles. The van der Waals surface area contributed by atoms with Crippen molar-refractivity contribution in [3.63, 3.8) is 0 Å². The van der Waals surface area contributed by atoms with Gasteiger partial charge >= 0.3 is 6.18 Å². The summed E-state index contributed by atoms with van der Waals surface area (Å²) in [7, 11) is 0. The molecule has 2 aliphatic rings. The molecule has 2 saturated heterocycles. The summed E-state index contributed by atoms with van der Waals surface area (Å²) in [6.45, 7) is 2.58. The van der Waals surface area contributed by atoms with E-state index in [0.29, 0.717) is 24.4 Å². The number of anilines is 2. The van der Waals surface area contributed by atoms with Crippen LogP contribution >= 0.6 is 11.9 Å². The highest BCUT2D eigenvalue weighted by Crippen LogP contribution is 2.35. The molecule has 12 heteroatoms. The summed E-state index contributed by atoms with van der Waals surface area (Å²) in [6, 6.07) is 9.88. The van der Waals surface area contributed by atoms with Crippen LogP contribution in [-0.4, -0.2) is 64.8 Å². The van der Waals surface area contributed by atoms with Crippen molar-refractivity contribution in [3.05, 3.63) is 53.6 Å². The normalized spacial score (nSPS) is 17.9. The van der Waals surface area contributed by atoms with E-state index >= 15 is 0 Å². The molecule has 2 fully saturated rings. The molecule has 0 radical (unpaired) electrons. The smallest absolute Gasteiger partial charge is 0.370 e. The summed E-state index contributed by atoms with van der Waals surface area (Å²) in [5.41, 5.74) is 1.05. The number of hydrogen-bond donors (Lipinski definition) is 1. The molecule has 0 bridgehead atoms. The zero-order valence-electron chi connectivity index (χ0n) is 20.1. The molecular weight excluding hydrogens is 507 g/mol. The fraction of sp³-hybridized carbons (Fsp3) is 0.400. The molecule has 0 spiro atoms. The molecule has 0 saturated carbocycles. The summed E-state index contributed by atoms with van der Waals surface area (Å²) >= 11 is 1.68. The first-order valence-electron chi connectivity index (χ1n) is 11.9. The second-order valence-corrected chi connectivity index (χ2v) is 9.83. The number of amides is 2. The number of halogens is 3. The van der Waals surface area contributed by atoms with Crippen molar-refractivity contribution >= 4 is 46.4 Å². The topological polar surface area (TPSA) is 79.7 Å². The first-order valence-corrected chi connectivity index (χ1v) is 13.1. The zero-order chi connectivity index (χ0) is 26.2. The van der Waals surface area contributed by atoms with Crippen LogP contribution in [0.15, 0.2) is 42.5 Å². The van der Waals surface area contributed by atoms with Gasteiger partial charge in [-0.15, -0.1) is 0 Å². The van der Waals surface area contributed by atoms with Crippen LogP contribution in [0.1, 0.15) is 34.8 Å². The van der Waals surface area contributed by atoms with Crippen molar-refractivity contribution in [3.8, 4) is 0 Å². The van der Waals surface area contributed by atoms with Gasteiger partial charge in [0, 0.05) is 36.9 Å². The largest absolute Gasteiger partial charge is 0.416 e. The van der Waals surface area contributed by atoms with Gasteiger partial charge in [-0.2, -0.15) is 13.2 Å². The van der Waals surface area contributed by atoms with E-state index in [1.165, 1.54) is 12.1 Å². The first-order chi connectivity index (χ1) is 17.7. The van der Waals surface area contributed by atoms with Gasteiger partial charge < -0.3 is 14.2 Å². The Labute approximate surface area is 215 Å².